The summed E-state index contributed by atoms with van der Waals surface area (Å²) in [5, 5.41) is 0.668. The first kappa shape index (κ1) is 18.4. The van der Waals surface area contributed by atoms with Crippen molar-refractivity contribution < 1.29 is 14.4 Å². The average Bonchev–Trinajstić information content (AvgIpc) is 3.26. The highest BCUT2D eigenvalue weighted by Gasteiger charge is 2.36. The second kappa shape index (κ2) is 7.59. The Morgan fingerprint density at radius 1 is 1.04 bits per heavy atom. The SMILES string of the molecule is Cc1ccccc1N=C1SCCN1C(=O)CCN1C(=O)c2ccccc2C1=O. The third-order valence-electron chi connectivity index (χ3n) is 4.84. The molecule has 7 heteroatoms. The van der Waals surface area contributed by atoms with Gasteiger partial charge in [0.2, 0.25) is 5.91 Å². The summed E-state index contributed by atoms with van der Waals surface area (Å²) in [7, 11) is 0. The van der Waals surface area contributed by atoms with Gasteiger partial charge >= 0.3 is 0 Å². The molecule has 0 atom stereocenters. The van der Waals surface area contributed by atoms with E-state index in [0.29, 0.717) is 22.8 Å². The van der Waals surface area contributed by atoms with Gasteiger partial charge in [0.25, 0.3) is 11.8 Å². The van der Waals surface area contributed by atoms with E-state index in [2.05, 4.69) is 4.99 Å². The Morgan fingerprint density at radius 3 is 2.36 bits per heavy atom. The number of hydrogen-bond acceptors (Lipinski definition) is 5. The lowest BCUT2D eigenvalue weighted by Gasteiger charge is -2.18. The van der Waals surface area contributed by atoms with E-state index < -0.39 is 0 Å². The summed E-state index contributed by atoms with van der Waals surface area (Å²) >= 11 is 1.54. The molecule has 0 bridgehead atoms. The number of amides is 3. The molecule has 2 heterocycles. The number of nitrogens with zero attached hydrogens (tertiary/aromatic N) is 3. The highest BCUT2D eigenvalue weighted by molar-refractivity contribution is 8.14. The molecule has 0 spiro atoms. The van der Waals surface area contributed by atoms with Gasteiger partial charge in [-0.25, -0.2) is 4.99 Å². The molecule has 1 fully saturated rings. The lowest BCUT2D eigenvalue weighted by Crippen LogP contribution is -2.37. The molecule has 2 aromatic carbocycles. The molecule has 28 heavy (non-hydrogen) atoms. The van der Waals surface area contributed by atoms with Crippen LogP contribution >= 0.6 is 11.8 Å². The van der Waals surface area contributed by atoms with Crippen molar-refractivity contribution in [2.24, 2.45) is 4.99 Å². The summed E-state index contributed by atoms with van der Waals surface area (Å²) in [5.74, 6) is -0.0198. The van der Waals surface area contributed by atoms with Crippen molar-refractivity contribution in [1.29, 1.82) is 0 Å². The molecule has 0 unspecified atom stereocenters. The number of fused-ring (bicyclic) bond motifs is 1. The Morgan fingerprint density at radius 2 is 1.68 bits per heavy atom. The van der Waals surface area contributed by atoms with E-state index in [1.54, 1.807) is 29.2 Å². The summed E-state index contributed by atoms with van der Waals surface area (Å²) in [5.41, 5.74) is 2.68. The van der Waals surface area contributed by atoms with Crippen LogP contribution in [0, 0.1) is 6.92 Å². The molecular weight excluding hydrogens is 374 g/mol. The Kier molecular flexibility index (Phi) is 5.00. The Bertz CT molecular complexity index is 967. The number of carbonyl (C=O) groups is 3. The second-order valence-corrected chi connectivity index (χ2v) is 7.69. The van der Waals surface area contributed by atoms with Crippen molar-refractivity contribution in [3.63, 3.8) is 0 Å². The number of hydrogen-bond donors (Lipinski definition) is 0. The first-order valence-corrected chi connectivity index (χ1v) is 10.1. The lowest BCUT2D eigenvalue weighted by atomic mass is 10.1. The van der Waals surface area contributed by atoms with Gasteiger partial charge in [-0.15, -0.1) is 0 Å². The number of benzene rings is 2. The Balaban J connectivity index is 1.45. The van der Waals surface area contributed by atoms with Gasteiger partial charge in [0.1, 0.15) is 0 Å². The van der Waals surface area contributed by atoms with Crippen LogP contribution < -0.4 is 0 Å². The summed E-state index contributed by atoms with van der Waals surface area (Å²) in [6, 6.07) is 14.5. The van der Waals surface area contributed by atoms with Crippen molar-refractivity contribution in [1.82, 2.24) is 9.80 Å². The van der Waals surface area contributed by atoms with Crippen LogP contribution in [0.2, 0.25) is 0 Å². The third-order valence-corrected chi connectivity index (χ3v) is 5.79. The normalized spacial score (nSPS) is 17.5. The van der Waals surface area contributed by atoms with Crippen LogP contribution in [0.15, 0.2) is 53.5 Å². The van der Waals surface area contributed by atoms with E-state index in [-0.39, 0.29) is 30.7 Å². The van der Waals surface area contributed by atoms with Gasteiger partial charge in [-0.1, -0.05) is 42.1 Å². The standard InChI is InChI=1S/C21H19N3O3S/c1-14-6-2-5-9-17(14)22-21-23(12-13-28-21)18(25)10-11-24-19(26)15-7-3-4-8-16(15)20(24)27/h2-9H,10-13H2,1H3. The van der Waals surface area contributed by atoms with Crippen LogP contribution in [0.1, 0.15) is 32.7 Å². The fraction of sp³-hybridized carbons (Fsp3) is 0.238. The lowest BCUT2D eigenvalue weighted by molar-refractivity contribution is -0.127. The summed E-state index contributed by atoms with van der Waals surface area (Å²) < 4.78 is 0. The number of imide groups is 1. The summed E-state index contributed by atoms with van der Waals surface area (Å²) in [4.78, 5) is 45.1. The van der Waals surface area contributed by atoms with Crippen molar-refractivity contribution in [3.05, 3.63) is 65.2 Å². The van der Waals surface area contributed by atoms with E-state index in [4.69, 9.17) is 0 Å². The molecular formula is C21H19N3O3S. The monoisotopic (exact) mass is 393 g/mol. The third kappa shape index (κ3) is 3.33. The predicted molar refractivity (Wildman–Crippen MR) is 109 cm³/mol. The molecule has 0 N–H and O–H groups in total. The van der Waals surface area contributed by atoms with Gasteiger partial charge in [0.15, 0.2) is 5.17 Å². The number of carbonyl (C=O) groups excluding carboxylic acids is 3. The molecule has 142 valence electrons. The van der Waals surface area contributed by atoms with E-state index in [1.165, 1.54) is 11.8 Å². The van der Waals surface area contributed by atoms with Gasteiger partial charge in [0, 0.05) is 25.3 Å². The number of aliphatic imine (C=N–C) groups is 1. The molecule has 6 nitrogen and oxygen atoms in total. The molecule has 0 saturated carbocycles. The van der Waals surface area contributed by atoms with Gasteiger partial charge in [-0.05, 0) is 30.7 Å². The minimum atomic E-state index is -0.335. The van der Waals surface area contributed by atoms with Gasteiger partial charge in [-0.2, -0.15) is 0 Å². The molecule has 1 saturated heterocycles. The first-order chi connectivity index (χ1) is 13.6. The topological polar surface area (TPSA) is 70.1 Å². The van der Waals surface area contributed by atoms with Crippen molar-refractivity contribution in [2.75, 3.05) is 18.8 Å². The molecule has 2 aromatic rings. The molecule has 2 aliphatic heterocycles. The van der Waals surface area contributed by atoms with Crippen LogP contribution in [0.5, 0.6) is 0 Å². The maximum atomic E-state index is 12.8. The van der Waals surface area contributed by atoms with Crippen LogP contribution in [0.3, 0.4) is 0 Å². The van der Waals surface area contributed by atoms with Crippen LogP contribution in [-0.4, -0.2) is 51.5 Å². The number of para-hydroxylation sites is 1. The van der Waals surface area contributed by atoms with Gasteiger partial charge < -0.3 is 0 Å². The summed E-state index contributed by atoms with van der Waals surface area (Å²) in [6.07, 6.45) is 0.0822. The Labute approximate surface area is 167 Å². The summed E-state index contributed by atoms with van der Waals surface area (Å²) in [6.45, 7) is 2.63. The quantitative estimate of drug-likeness (QED) is 0.748. The number of aryl methyl sites for hydroxylation is 1. The predicted octanol–water partition coefficient (Wildman–Crippen LogP) is 3.24. The maximum Gasteiger partial charge on any atom is 0.261 e. The van der Waals surface area contributed by atoms with Crippen molar-refractivity contribution in [3.8, 4) is 0 Å². The highest BCUT2D eigenvalue weighted by Crippen LogP contribution is 2.26. The van der Waals surface area contributed by atoms with E-state index in [9.17, 15) is 14.4 Å². The van der Waals surface area contributed by atoms with E-state index in [0.717, 1.165) is 21.9 Å². The zero-order valence-corrected chi connectivity index (χ0v) is 16.2. The highest BCUT2D eigenvalue weighted by atomic mass is 32.2. The van der Waals surface area contributed by atoms with Crippen LogP contribution in [-0.2, 0) is 4.79 Å². The minimum absolute atomic E-state index is 0.0734. The molecule has 0 radical (unpaired) electrons. The zero-order chi connectivity index (χ0) is 19.7. The second-order valence-electron chi connectivity index (χ2n) is 6.63. The van der Waals surface area contributed by atoms with Crippen LogP contribution in [0.25, 0.3) is 0 Å². The van der Waals surface area contributed by atoms with Crippen molar-refractivity contribution in [2.45, 2.75) is 13.3 Å². The largest absolute Gasteiger partial charge is 0.290 e. The van der Waals surface area contributed by atoms with E-state index in [1.807, 2.05) is 31.2 Å². The molecule has 3 amide bonds. The van der Waals surface area contributed by atoms with Gasteiger partial charge in [0.05, 0.1) is 16.8 Å². The number of thioether (sulfide) groups is 1. The first-order valence-electron chi connectivity index (χ1n) is 9.09. The Hall–Kier alpha value is -2.93. The van der Waals surface area contributed by atoms with Crippen LogP contribution in [0.4, 0.5) is 5.69 Å². The van der Waals surface area contributed by atoms with Gasteiger partial charge in [-0.3, -0.25) is 24.2 Å². The fourth-order valence-electron chi connectivity index (χ4n) is 3.30. The average molecular weight is 393 g/mol. The molecule has 4 rings (SSSR count). The van der Waals surface area contributed by atoms with Crippen molar-refractivity contribution >= 4 is 40.3 Å². The fourth-order valence-corrected chi connectivity index (χ4v) is 4.27. The smallest absolute Gasteiger partial charge is 0.261 e. The minimum Gasteiger partial charge on any atom is -0.290 e. The number of amidine groups is 1. The van der Waals surface area contributed by atoms with E-state index >= 15 is 0 Å². The maximum absolute atomic E-state index is 12.8. The molecule has 0 aliphatic carbocycles. The number of rotatable bonds is 4. The molecule has 2 aliphatic rings. The molecule has 0 aromatic heterocycles. The zero-order valence-electron chi connectivity index (χ0n) is 15.4.